The predicted molar refractivity (Wildman–Crippen MR) is 119 cm³/mol. The summed E-state index contributed by atoms with van der Waals surface area (Å²) >= 11 is 0. The average molecular weight is 443 g/mol. The van der Waals surface area contributed by atoms with Gasteiger partial charge in [-0.2, -0.15) is 4.98 Å². The van der Waals surface area contributed by atoms with E-state index in [1.54, 1.807) is 13.1 Å². The quantitative estimate of drug-likeness (QED) is 0.558. The molecule has 0 spiro atoms. The van der Waals surface area contributed by atoms with Gasteiger partial charge in [-0.15, -0.1) is 0 Å². The maximum Gasteiger partial charge on any atom is 0.246 e. The Balaban J connectivity index is 1.74. The summed E-state index contributed by atoms with van der Waals surface area (Å²) in [5, 5.41) is 3.97. The Morgan fingerprint density at radius 1 is 1.03 bits per heavy atom. The Kier molecular flexibility index (Phi) is 6.45. The fourth-order valence-corrected chi connectivity index (χ4v) is 3.94. The molecule has 0 aliphatic carbocycles. The van der Waals surface area contributed by atoms with Crippen molar-refractivity contribution in [2.24, 2.45) is 0 Å². The molecule has 0 radical (unpaired) electrons. The largest absolute Gasteiger partial charge is 0.337 e. The molecule has 0 saturated carbocycles. The maximum atomic E-state index is 12.8. The lowest BCUT2D eigenvalue weighted by molar-refractivity contribution is -0.129. The molecule has 3 rings (SSSR count). The van der Waals surface area contributed by atoms with Crippen molar-refractivity contribution in [3.63, 3.8) is 0 Å². The van der Waals surface area contributed by atoms with Crippen molar-refractivity contribution < 1.29 is 17.7 Å². The molecule has 0 bridgehead atoms. The lowest BCUT2D eigenvalue weighted by atomic mass is 10.1. The number of aryl methyl sites for hydroxylation is 3. The van der Waals surface area contributed by atoms with Crippen molar-refractivity contribution in [3.05, 3.63) is 65.0 Å². The van der Waals surface area contributed by atoms with Crippen LogP contribution in [0, 0.1) is 20.8 Å². The number of benzene rings is 2. The summed E-state index contributed by atoms with van der Waals surface area (Å²) in [5.74, 6) is 0.314. The van der Waals surface area contributed by atoms with Crippen LogP contribution in [0.3, 0.4) is 0 Å². The number of sulfonamides is 1. The second kappa shape index (κ2) is 8.89. The fraction of sp³-hybridized carbons (Fsp3) is 0.318. The molecular formula is C22H26N4O4S. The monoisotopic (exact) mass is 442 g/mol. The molecule has 8 nitrogen and oxygen atoms in total. The number of amides is 1. The third-order valence-corrected chi connectivity index (χ3v) is 6.02. The summed E-state index contributed by atoms with van der Waals surface area (Å²) < 4.78 is 31.2. The van der Waals surface area contributed by atoms with Crippen LogP contribution < -0.4 is 4.31 Å². The van der Waals surface area contributed by atoms with Crippen LogP contribution in [0.15, 0.2) is 47.0 Å². The molecule has 3 aromatic rings. The number of likely N-dealkylation sites (N-methyl/N-ethyl adjacent to an activating group) is 1. The average Bonchev–Trinajstić information content (AvgIpc) is 3.16. The third-order valence-electron chi connectivity index (χ3n) is 4.89. The summed E-state index contributed by atoms with van der Waals surface area (Å²) in [4.78, 5) is 18.5. The second-order valence-corrected chi connectivity index (χ2v) is 9.59. The molecule has 1 aromatic heterocycles. The van der Waals surface area contributed by atoms with Crippen molar-refractivity contribution in [1.29, 1.82) is 0 Å². The van der Waals surface area contributed by atoms with Crippen LogP contribution in [-0.4, -0.2) is 49.2 Å². The molecule has 0 unspecified atom stereocenters. The number of carbonyl (C=O) groups excluding carboxylic acids is 1. The molecule has 0 aliphatic rings. The summed E-state index contributed by atoms with van der Waals surface area (Å²) in [6.07, 6.45) is 1.09. The summed E-state index contributed by atoms with van der Waals surface area (Å²) in [5.41, 5.74) is 4.10. The van der Waals surface area contributed by atoms with Gasteiger partial charge in [-0.05, 0) is 38.0 Å². The lowest BCUT2D eigenvalue weighted by Crippen LogP contribution is -2.41. The van der Waals surface area contributed by atoms with Gasteiger partial charge in [0.1, 0.15) is 6.54 Å². The molecule has 0 saturated heterocycles. The zero-order valence-electron chi connectivity index (χ0n) is 18.3. The minimum atomic E-state index is -3.66. The number of hydrogen-bond donors (Lipinski definition) is 0. The molecule has 164 valence electrons. The van der Waals surface area contributed by atoms with Gasteiger partial charge in [0.15, 0.2) is 0 Å². The normalized spacial score (nSPS) is 11.4. The number of nitrogens with zero attached hydrogens (tertiary/aromatic N) is 4. The topological polar surface area (TPSA) is 96.6 Å². The predicted octanol–water partition coefficient (Wildman–Crippen LogP) is 3.09. The summed E-state index contributed by atoms with van der Waals surface area (Å²) in [7, 11) is -2.09. The first kappa shape index (κ1) is 22.5. The Hall–Kier alpha value is -3.20. The van der Waals surface area contributed by atoms with Gasteiger partial charge in [-0.25, -0.2) is 8.42 Å². The Morgan fingerprint density at radius 2 is 1.68 bits per heavy atom. The first-order valence-corrected chi connectivity index (χ1v) is 11.6. The van der Waals surface area contributed by atoms with Crippen LogP contribution in [-0.2, 0) is 21.4 Å². The van der Waals surface area contributed by atoms with Gasteiger partial charge in [0.05, 0.1) is 18.5 Å². The maximum absolute atomic E-state index is 12.8. The van der Waals surface area contributed by atoms with E-state index in [2.05, 4.69) is 10.1 Å². The van der Waals surface area contributed by atoms with E-state index < -0.39 is 10.0 Å². The highest BCUT2D eigenvalue weighted by molar-refractivity contribution is 7.92. The number of aromatic nitrogens is 2. The van der Waals surface area contributed by atoms with Gasteiger partial charge in [-0.1, -0.05) is 47.1 Å². The van der Waals surface area contributed by atoms with Gasteiger partial charge in [0.2, 0.25) is 27.6 Å². The van der Waals surface area contributed by atoms with Crippen LogP contribution in [0.4, 0.5) is 5.69 Å². The van der Waals surface area contributed by atoms with Crippen LogP contribution in [0.25, 0.3) is 11.4 Å². The second-order valence-electron chi connectivity index (χ2n) is 7.69. The van der Waals surface area contributed by atoms with E-state index in [-0.39, 0.29) is 24.9 Å². The van der Waals surface area contributed by atoms with Crippen molar-refractivity contribution in [2.45, 2.75) is 27.3 Å². The third kappa shape index (κ3) is 5.49. The Bertz CT molecular complexity index is 1190. The Morgan fingerprint density at radius 3 is 2.32 bits per heavy atom. The van der Waals surface area contributed by atoms with Gasteiger partial charge in [-0.3, -0.25) is 9.10 Å². The van der Waals surface area contributed by atoms with Gasteiger partial charge in [0.25, 0.3) is 0 Å². The highest BCUT2D eigenvalue weighted by Crippen LogP contribution is 2.24. The number of anilines is 1. The van der Waals surface area contributed by atoms with E-state index in [0.717, 1.165) is 32.8 Å². The molecular weight excluding hydrogens is 416 g/mol. The minimum Gasteiger partial charge on any atom is -0.337 e. The lowest BCUT2D eigenvalue weighted by Gasteiger charge is -2.26. The standard InChI is InChI=1S/C22H26N4O4S/c1-15-7-10-18(11-8-15)22-23-20(30-24-22)13-25(4)21(27)14-26(31(5,28)29)19-12-16(2)6-9-17(19)3/h6-12H,13-14H2,1-5H3. The zero-order valence-corrected chi connectivity index (χ0v) is 19.1. The van der Waals surface area contributed by atoms with Crippen LogP contribution in [0.5, 0.6) is 0 Å². The van der Waals surface area contributed by atoms with E-state index >= 15 is 0 Å². The van der Waals surface area contributed by atoms with Gasteiger partial charge >= 0.3 is 0 Å². The van der Waals surface area contributed by atoms with E-state index in [0.29, 0.717) is 11.5 Å². The van der Waals surface area contributed by atoms with E-state index in [1.807, 2.05) is 57.2 Å². The molecule has 1 heterocycles. The summed E-state index contributed by atoms with van der Waals surface area (Å²) in [6, 6.07) is 13.2. The van der Waals surface area contributed by atoms with E-state index in [4.69, 9.17) is 4.52 Å². The molecule has 2 aromatic carbocycles. The smallest absolute Gasteiger partial charge is 0.246 e. The minimum absolute atomic E-state index is 0.0715. The van der Waals surface area contributed by atoms with Crippen LogP contribution in [0.1, 0.15) is 22.6 Å². The molecule has 0 atom stereocenters. The Labute approximate surface area is 182 Å². The van der Waals surface area contributed by atoms with E-state index in [9.17, 15) is 13.2 Å². The van der Waals surface area contributed by atoms with E-state index in [1.165, 1.54) is 4.90 Å². The van der Waals surface area contributed by atoms with Gasteiger partial charge in [0, 0.05) is 12.6 Å². The molecule has 0 aliphatic heterocycles. The first-order chi connectivity index (χ1) is 14.5. The van der Waals surface area contributed by atoms with Crippen molar-refractivity contribution in [2.75, 3.05) is 24.2 Å². The highest BCUT2D eigenvalue weighted by atomic mass is 32.2. The van der Waals surface area contributed by atoms with Crippen molar-refractivity contribution >= 4 is 21.6 Å². The van der Waals surface area contributed by atoms with Crippen LogP contribution >= 0.6 is 0 Å². The molecule has 31 heavy (non-hydrogen) atoms. The zero-order chi connectivity index (χ0) is 22.8. The number of rotatable bonds is 7. The SMILES string of the molecule is Cc1ccc(-c2noc(CN(C)C(=O)CN(c3cc(C)ccc3C)S(C)(=O)=O)n2)cc1. The molecule has 0 N–H and O–H groups in total. The van der Waals surface area contributed by atoms with Crippen LogP contribution in [0.2, 0.25) is 0 Å². The highest BCUT2D eigenvalue weighted by Gasteiger charge is 2.25. The molecule has 9 heteroatoms. The summed E-state index contributed by atoms with van der Waals surface area (Å²) in [6.45, 7) is 5.43. The first-order valence-electron chi connectivity index (χ1n) is 9.73. The van der Waals surface area contributed by atoms with Gasteiger partial charge < -0.3 is 9.42 Å². The van der Waals surface area contributed by atoms with Crippen molar-refractivity contribution in [1.82, 2.24) is 15.0 Å². The number of hydrogen-bond acceptors (Lipinski definition) is 6. The van der Waals surface area contributed by atoms with Crippen molar-refractivity contribution in [3.8, 4) is 11.4 Å². The number of carbonyl (C=O) groups is 1. The fourth-order valence-electron chi connectivity index (χ4n) is 3.04. The molecule has 1 amide bonds. The molecule has 0 fully saturated rings.